The third kappa shape index (κ3) is 5.84. The van der Waals surface area contributed by atoms with Gasteiger partial charge in [-0.05, 0) is 43.6 Å². The van der Waals surface area contributed by atoms with Crippen LogP contribution in [0.3, 0.4) is 0 Å². The molecule has 29 heavy (non-hydrogen) atoms. The molecule has 7 heteroatoms. The highest BCUT2D eigenvalue weighted by Crippen LogP contribution is 2.24. The van der Waals surface area contributed by atoms with Crippen molar-refractivity contribution in [1.29, 1.82) is 0 Å². The molecule has 0 radical (unpaired) electrons. The van der Waals surface area contributed by atoms with Crippen molar-refractivity contribution in [3.05, 3.63) is 71.3 Å². The SMILES string of the molecule is O=C(CCNC(=O)c1ccc(F)cc1F)NCC(c1ccccc1)N1CCCC1. The lowest BCUT2D eigenvalue weighted by atomic mass is 10.1. The molecule has 0 saturated carbocycles. The van der Waals surface area contributed by atoms with E-state index >= 15 is 0 Å². The number of benzene rings is 2. The first-order chi connectivity index (χ1) is 14.0. The molecule has 0 bridgehead atoms. The minimum Gasteiger partial charge on any atom is -0.354 e. The van der Waals surface area contributed by atoms with E-state index in [-0.39, 0.29) is 30.5 Å². The molecule has 1 unspecified atom stereocenters. The van der Waals surface area contributed by atoms with Gasteiger partial charge in [-0.1, -0.05) is 30.3 Å². The standard InChI is InChI=1S/C22H25F2N3O2/c23-17-8-9-18(19(24)14-17)22(29)25-11-10-21(28)26-15-20(27-12-4-5-13-27)16-6-2-1-3-7-16/h1-3,6-9,14,20H,4-5,10-13,15H2,(H,25,29)(H,26,28). The van der Waals surface area contributed by atoms with E-state index in [1.807, 2.05) is 18.2 Å². The normalized spacial score (nSPS) is 15.1. The van der Waals surface area contributed by atoms with E-state index in [4.69, 9.17) is 0 Å². The molecule has 3 rings (SSSR count). The number of hydrogen-bond donors (Lipinski definition) is 2. The Kier molecular flexibility index (Phi) is 7.30. The number of carbonyl (C=O) groups excluding carboxylic acids is 2. The first-order valence-corrected chi connectivity index (χ1v) is 9.83. The van der Waals surface area contributed by atoms with Crippen molar-refractivity contribution in [3.63, 3.8) is 0 Å². The van der Waals surface area contributed by atoms with E-state index in [1.54, 1.807) is 0 Å². The van der Waals surface area contributed by atoms with Gasteiger partial charge in [-0.3, -0.25) is 14.5 Å². The average Bonchev–Trinajstić information content (AvgIpc) is 3.23. The molecule has 2 aromatic carbocycles. The molecule has 1 atom stereocenters. The van der Waals surface area contributed by atoms with Crippen molar-refractivity contribution >= 4 is 11.8 Å². The molecular formula is C22H25F2N3O2. The van der Waals surface area contributed by atoms with Crippen molar-refractivity contribution in [2.24, 2.45) is 0 Å². The molecule has 0 aliphatic carbocycles. The van der Waals surface area contributed by atoms with Crippen molar-refractivity contribution in [3.8, 4) is 0 Å². The predicted octanol–water partition coefficient (Wildman–Crippen LogP) is 3.04. The molecule has 1 fully saturated rings. The van der Waals surface area contributed by atoms with Gasteiger partial charge in [-0.15, -0.1) is 0 Å². The molecule has 0 spiro atoms. The number of halogens is 2. The summed E-state index contributed by atoms with van der Waals surface area (Å²) in [5.74, 6) is -2.53. The summed E-state index contributed by atoms with van der Waals surface area (Å²) in [6, 6.07) is 13.0. The lowest BCUT2D eigenvalue weighted by Crippen LogP contribution is -2.38. The summed E-state index contributed by atoms with van der Waals surface area (Å²) in [5.41, 5.74) is 0.916. The van der Waals surface area contributed by atoms with Gasteiger partial charge in [0.2, 0.25) is 5.91 Å². The van der Waals surface area contributed by atoms with Gasteiger partial charge in [-0.2, -0.15) is 0 Å². The second-order valence-electron chi connectivity index (χ2n) is 7.10. The van der Waals surface area contributed by atoms with Crippen LogP contribution in [0.25, 0.3) is 0 Å². The first kappa shape index (κ1) is 20.9. The summed E-state index contributed by atoms with van der Waals surface area (Å²) in [5, 5.41) is 5.43. The molecule has 1 aliphatic rings. The number of amides is 2. The quantitative estimate of drug-likeness (QED) is 0.715. The summed E-state index contributed by atoms with van der Waals surface area (Å²) in [7, 11) is 0. The Hall–Kier alpha value is -2.80. The zero-order chi connectivity index (χ0) is 20.6. The smallest absolute Gasteiger partial charge is 0.254 e. The second kappa shape index (κ2) is 10.1. The third-order valence-electron chi connectivity index (χ3n) is 5.07. The number of likely N-dealkylation sites (tertiary alicyclic amines) is 1. The average molecular weight is 401 g/mol. The number of nitrogens with zero attached hydrogens (tertiary/aromatic N) is 1. The number of nitrogens with one attached hydrogen (secondary N) is 2. The molecule has 2 amide bonds. The molecule has 1 aliphatic heterocycles. The number of rotatable bonds is 8. The predicted molar refractivity (Wildman–Crippen MR) is 106 cm³/mol. The first-order valence-electron chi connectivity index (χ1n) is 9.83. The maximum absolute atomic E-state index is 13.6. The van der Waals surface area contributed by atoms with E-state index in [9.17, 15) is 18.4 Å². The Morgan fingerprint density at radius 1 is 1.00 bits per heavy atom. The number of carbonyl (C=O) groups is 2. The molecule has 2 aromatic rings. The van der Waals surface area contributed by atoms with E-state index in [2.05, 4.69) is 27.7 Å². The number of hydrogen-bond acceptors (Lipinski definition) is 3. The van der Waals surface area contributed by atoms with Crippen LogP contribution in [0.4, 0.5) is 8.78 Å². The minimum absolute atomic E-state index is 0.0706. The Labute approximate surface area is 169 Å². The van der Waals surface area contributed by atoms with Gasteiger partial charge < -0.3 is 10.6 Å². The van der Waals surface area contributed by atoms with Crippen molar-refractivity contribution < 1.29 is 18.4 Å². The summed E-state index contributed by atoms with van der Waals surface area (Å²) < 4.78 is 26.5. The molecule has 1 heterocycles. The highest BCUT2D eigenvalue weighted by atomic mass is 19.1. The minimum atomic E-state index is -0.928. The van der Waals surface area contributed by atoms with Crippen LogP contribution in [-0.4, -0.2) is 42.9 Å². The van der Waals surface area contributed by atoms with Crippen LogP contribution in [0.2, 0.25) is 0 Å². The molecule has 5 nitrogen and oxygen atoms in total. The monoisotopic (exact) mass is 401 g/mol. The van der Waals surface area contributed by atoms with E-state index in [0.29, 0.717) is 12.6 Å². The fourth-order valence-electron chi connectivity index (χ4n) is 3.54. The zero-order valence-electron chi connectivity index (χ0n) is 16.2. The third-order valence-corrected chi connectivity index (χ3v) is 5.07. The zero-order valence-corrected chi connectivity index (χ0v) is 16.2. The van der Waals surface area contributed by atoms with Gasteiger partial charge in [0, 0.05) is 25.6 Å². The molecular weight excluding hydrogens is 376 g/mol. The van der Waals surface area contributed by atoms with Gasteiger partial charge in [0.1, 0.15) is 11.6 Å². The van der Waals surface area contributed by atoms with Gasteiger partial charge in [0.25, 0.3) is 5.91 Å². The van der Waals surface area contributed by atoms with Crippen LogP contribution in [0.15, 0.2) is 48.5 Å². The maximum atomic E-state index is 13.6. The Balaban J connectivity index is 1.47. The van der Waals surface area contributed by atoms with Crippen LogP contribution in [0, 0.1) is 11.6 Å². The fourth-order valence-corrected chi connectivity index (χ4v) is 3.54. The van der Waals surface area contributed by atoms with Crippen LogP contribution in [0.5, 0.6) is 0 Å². The van der Waals surface area contributed by atoms with Gasteiger partial charge in [0.05, 0.1) is 11.6 Å². The van der Waals surface area contributed by atoms with E-state index < -0.39 is 17.5 Å². The van der Waals surface area contributed by atoms with Crippen molar-refractivity contribution in [1.82, 2.24) is 15.5 Å². The summed E-state index contributed by atoms with van der Waals surface area (Å²) in [4.78, 5) is 26.6. The summed E-state index contributed by atoms with van der Waals surface area (Å²) >= 11 is 0. The summed E-state index contributed by atoms with van der Waals surface area (Å²) in [6.45, 7) is 2.58. The molecule has 154 valence electrons. The van der Waals surface area contributed by atoms with E-state index in [1.165, 1.54) is 0 Å². The van der Waals surface area contributed by atoms with Crippen molar-refractivity contribution in [2.45, 2.75) is 25.3 Å². The Morgan fingerprint density at radius 2 is 1.72 bits per heavy atom. The van der Waals surface area contributed by atoms with Crippen LogP contribution in [0.1, 0.15) is 41.2 Å². The Bertz CT molecular complexity index is 839. The molecule has 0 aromatic heterocycles. The second-order valence-corrected chi connectivity index (χ2v) is 7.10. The van der Waals surface area contributed by atoms with Crippen LogP contribution < -0.4 is 10.6 Å². The fraction of sp³-hybridized carbons (Fsp3) is 0.364. The van der Waals surface area contributed by atoms with Crippen molar-refractivity contribution in [2.75, 3.05) is 26.2 Å². The highest BCUT2D eigenvalue weighted by Gasteiger charge is 2.23. The van der Waals surface area contributed by atoms with Gasteiger partial charge in [-0.25, -0.2) is 8.78 Å². The van der Waals surface area contributed by atoms with Gasteiger partial charge >= 0.3 is 0 Å². The lowest BCUT2D eigenvalue weighted by Gasteiger charge is -2.28. The Morgan fingerprint density at radius 3 is 2.41 bits per heavy atom. The highest BCUT2D eigenvalue weighted by molar-refractivity contribution is 5.94. The van der Waals surface area contributed by atoms with E-state index in [0.717, 1.165) is 43.6 Å². The molecule has 1 saturated heterocycles. The topological polar surface area (TPSA) is 61.4 Å². The van der Waals surface area contributed by atoms with Crippen LogP contribution >= 0.6 is 0 Å². The van der Waals surface area contributed by atoms with Gasteiger partial charge in [0.15, 0.2) is 0 Å². The lowest BCUT2D eigenvalue weighted by molar-refractivity contribution is -0.121. The van der Waals surface area contributed by atoms with Crippen LogP contribution in [-0.2, 0) is 4.79 Å². The molecule has 2 N–H and O–H groups in total. The summed E-state index contributed by atoms with van der Waals surface area (Å²) in [6.07, 6.45) is 2.39. The largest absolute Gasteiger partial charge is 0.354 e. The maximum Gasteiger partial charge on any atom is 0.254 e.